The Morgan fingerprint density at radius 3 is 2.79 bits per heavy atom. The number of carboxylic acids is 1. The molecule has 0 aliphatic heterocycles. The van der Waals surface area contributed by atoms with E-state index in [1.54, 1.807) is 18.4 Å². The van der Waals surface area contributed by atoms with Crippen molar-refractivity contribution < 1.29 is 14.3 Å². The van der Waals surface area contributed by atoms with Crippen molar-refractivity contribution in [1.29, 1.82) is 0 Å². The van der Waals surface area contributed by atoms with Crippen molar-refractivity contribution in [3.8, 4) is 0 Å². The Bertz CT molecular complexity index is 564. The van der Waals surface area contributed by atoms with E-state index in [1.807, 2.05) is 24.0 Å². The van der Waals surface area contributed by atoms with E-state index in [4.69, 9.17) is 15.3 Å². The second-order valence-electron chi connectivity index (χ2n) is 4.17. The monoisotopic (exact) mass is 260 g/mol. The first-order chi connectivity index (χ1) is 9.11. The van der Waals surface area contributed by atoms with Gasteiger partial charge in [-0.2, -0.15) is 0 Å². The molecule has 2 rings (SSSR count). The number of nitrogens with two attached hydrogens (primary N) is 1. The van der Waals surface area contributed by atoms with Gasteiger partial charge in [-0.1, -0.05) is 0 Å². The molecule has 0 saturated carbocycles. The van der Waals surface area contributed by atoms with Gasteiger partial charge in [-0.25, -0.2) is 4.79 Å². The lowest BCUT2D eigenvalue weighted by molar-refractivity contribution is 0.0697. The second kappa shape index (κ2) is 5.48. The molecule has 0 atom stereocenters. The summed E-state index contributed by atoms with van der Waals surface area (Å²) in [6.07, 6.45) is 1.61. The Labute approximate surface area is 111 Å². The number of furan rings is 1. The van der Waals surface area contributed by atoms with E-state index in [0.717, 1.165) is 5.76 Å². The van der Waals surface area contributed by atoms with Gasteiger partial charge in [0.1, 0.15) is 5.76 Å². The first kappa shape index (κ1) is 13.0. The average Bonchev–Trinajstić information content (AvgIpc) is 2.89. The summed E-state index contributed by atoms with van der Waals surface area (Å²) in [5.41, 5.74) is 7.42. The third-order valence-corrected chi connectivity index (χ3v) is 2.93. The first-order valence-electron chi connectivity index (χ1n) is 6.02. The summed E-state index contributed by atoms with van der Waals surface area (Å²) in [5, 5.41) is 9.03. The van der Waals surface area contributed by atoms with Gasteiger partial charge >= 0.3 is 5.97 Å². The Balaban J connectivity index is 2.31. The van der Waals surface area contributed by atoms with Crippen LogP contribution in [0, 0.1) is 0 Å². The molecule has 0 spiro atoms. The fraction of sp³-hybridized carbons (Fsp3) is 0.214. The van der Waals surface area contributed by atoms with Crippen LogP contribution in [-0.4, -0.2) is 17.6 Å². The number of nitrogens with zero attached hydrogens (tertiary/aromatic N) is 1. The Morgan fingerprint density at radius 2 is 2.21 bits per heavy atom. The molecule has 5 heteroatoms. The molecule has 0 bridgehead atoms. The highest BCUT2D eigenvalue weighted by Gasteiger charge is 2.13. The van der Waals surface area contributed by atoms with Crippen LogP contribution in [-0.2, 0) is 6.54 Å². The van der Waals surface area contributed by atoms with Crippen molar-refractivity contribution in [2.45, 2.75) is 13.5 Å². The zero-order valence-electron chi connectivity index (χ0n) is 10.7. The maximum absolute atomic E-state index is 11.0. The van der Waals surface area contributed by atoms with Gasteiger partial charge in [0.15, 0.2) is 0 Å². The van der Waals surface area contributed by atoms with Crippen LogP contribution in [0.1, 0.15) is 23.0 Å². The fourth-order valence-corrected chi connectivity index (χ4v) is 1.91. The van der Waals surface area contributed by atoms with Crippen LogP contribution in [0.4, 0.5) is 11.4 Å². The number of carboxylic acid groups (broad SMARTS) is 1. The number of carbonyl (C=O) groups is 1. The second-order valence-corrected chi connectivity index (χ2v) is 4.17. The van der Waals surface area contributed by atoms with Gasteiger partial charge in [0.2, 0.25) is 0 Å². The predicted molar refractivity (Wildman–Crippen MR) is 73.2 cm³/mol. The molecule has 1 aromatic heterocycles. The summed E-state index contributed by atoms with van der Waals surface area (Å²) in [5.74, 6) is -0.155. The van der Waals surface area contributed by atoms with Crippen molar-refractivity contribution >= 4 is 17.3 Å². The molecule has 100 valence electrons. The minimum Gasteiger partial charge on any atom is -0.478 e. The quantitative estimate of drug-likeness (QED) is 0.808. The van der Waals surface area contributed by atoms with Crippen LogP contribution in [0.5, 0.6) is 0 Å². The van der Waals surface area contributed by atoms with Gasteiger partial charge in [-0.05, 0) is 37.3 Å². The molecular formula is C14H16N2O3. The summed E-state index contributed by atoms with van der Waals surface area (Å²) in [7, 11) is 0. The van der Waals surface area contributed by atoms with Gasteiger partial charge in [-0.15, -0.1) is 0 Å². The van der Waals surface area contributed by atoms with Crippen LogP contribution in [0.15, 0.2) is 41.0 Å². The number of rotatable bonds is 5. The van der Waals surface area contributed by atoms with E-state index in [-0.39, 0.29) is 5.56 Å². The molecule has 0 radical (unpaired) electrons. The lowest BCUT2D eigenvalue weighted by atomic mass is 10.1. The lowest BCUT2D eigenvalue weighted by Crippen LogP contribution is -2.23. The highest BCUT2D eigenvalue weighted by Crippen LogP contribution is 2.26. The van der Waals surface area contributed by atoms with Crippen molar-refractivity contribution in [3.05, 3.63) is 47.9 Å². The van der Waals surface area contributed by atoms with E-state index in [0.29, 0.717) is 24.5 Å². The maximum atomic E-state index is 11.0. The SMILES string of the molecule is CCN(Cc1ccco1)c1cc(C(=O)O)ccc1N. The van der Waals surface area contributed by atoms with Crippen LogP contribution in [0.2, 0.25) is 0 Å². The molecule has 0 amide bonds. The minimum atomic E-state index is -0.963. The summed E-state index contributed by atoms with van der Waals surface area (Å²) >= 11 is 0. The smallest absolute Gasteiger partial charge is 0.335 e. The molecule has 3 N–H and O–H groups in total. The number of hydrogen-bond acceptors (Lipinski definition) is 4. The number of nitrogen functional groups attached to an aromatic ring is 1. The molecule has 0 unspecified atom stereocenters. The Morgan fingerprint density at radius 1 is 1.42 bits per heavy atom. The highest BCUT2D eigenvalue weighted by atomic mass is 16.4. The summed E-state index contributed by atoms with van der Waals surface area (Å²) in [6, 6.07) is 8.40. The van der Waals surface area contributed by atoms with E-state index in [9.17, 15) is 4.79 Å². The summed E-state index contributed by atoms with van der Waals surface area (Å²) < 4.78 is 5.31. The zero-order chi connectivity index (χ0) is 13.8. The number of benzene rings is 1. The topological polar surface area (TPSA) is 79.7 Å². The lowest BCUT2D eigenvalue weighted by Gasteiger charge is -2.23. The van der Waals surface area contributed by atoms with Gasteiger partial charge in [0.05, 0.1) is 29.7 Å². The molecule has 0 saturated heterocycles. The standard InChI is InChI=1S/C14H16N2O3/c1-2-16(9-11-4-3-7-19-11)13-8-10(14(17)18)5-6-12(13)15/h3-8H,2,9,15H2,1H3,(H,17,18). The van der Waals surface area contributed by atoms with E-state index in [1.165, 1.54) is 6.07 Å². The van der Waals surface area contributed by atoms with Crippen LogP contribution in [0.25, 0.3) is 0 Å². The van der Waals surface area contributed by atoms with Crippen LogP contribution in [0.3, 0.4) is 0 Å². The molecule has 19 heavy (non-hydrogen) atoms. The molecule has 0 aliphatic carbocycles. The van der Waals surface area contributed by atoms with Gasteiger partial charge in [0.25, 0.3) is 0 Å². The number of anilines is 2. The van der Waals surface area contributed by atoms with Crippen LogP contribution >= 0.6 is 0 Å². The zero-order valence-corrected chi connectivity index (χ0v) is 10.7. The summed E-state index contributed by atoms with van der Waals surface area (Å²) in [6.45, 7) is 3.24. The summed E-state index contributed by atoms with van der Waals surface area (Å²) in [4.78, 5) is 13.0. The first-order valence-corrected chi connectivity index (χ1v) is 6.02. The highest BCUT2D eigenvalue weighted by molar-refractivity contribution is 5.90. The molecule has 0 fully saturated rings. The third kappa shape index (κ3) is 2.88. The predicted octanol–water partition coefficient (Wildman–Crippen LogP) is 2.59. The molecule has 5 nitrogen and oxygen atoms in total. The van der Waals surface area contributed by atoms with Crippen molar-refractivity contribution in [2.24, 2.45) is 0 Å². The minimum absolute atomic E-state index is 0.224. The fourth-order valence-electron chi connectivity index (χ4n) is 1.91. The maximum Gasteiger partial charge on any atom is 0.335 e. The normalized spacial score (nSPS) is 10.4. The largest absolute Gasteiger partial charge is 0.478 e. The Hall–Kier alpha value is -2.43. The third-order valence-electron chi connectivity index (χ3n) is 2.93. The van der Waals surface area contributed by atoms with Crippen LogP contribution < -0.4 is 10.6 Å². The van der Waals surface area contributed by atoms with Gasteiger partial charge in [-0.3, -0.25) is 0 Å². The molecule has 0 aliphatic rings. The van der Waals surface area contributed by atoms with E-state index in [2.05, 4.69) is 0 Å². The van der Waals surface area contributed by atoms with Gasteiger partial charge in [0, 0.05) is 6.54 Å². The van der Waals surface area contributed by atoms with Crippen molar-refractivity contribution in [1.82, 2.24) is 0 Å². The Kier molecular flexibility index (Phi) is 3.75. The van der Waals surface area contributed by atoms with E-state index >= 15 is 0 Å². The molecular weight excluding hydrogens is 244 g/mol. The molecule has 1 heterocycles. The number of aromatic carboxylic acids is 1. The molecule has 2 aromatic rings. The molecule has 1 aromatic carbocycles. The number of hydrogen-bond donors (Lipinski definition) is 2. The van der Waals surface area contributed by atoms with Crippen molar-refractivity contribution in [2.75, 3.05) is 17.2 Å². The van der Waals surface area contributed by atoms with E-state index < -0.39 is 5.97 Å². The average molecular weight is 260 g/mol. The van der Waals surface area contributed by atoms with Crippen molar-refractivity contribution in [3.63, 3.8) is 0 Å². The van der Waals surface area contributed by atoms with Gasteiger partial charge < -0.3 is 20.2 Å².